The number of carbonyl (C=O) groups is 4. The first kappa shape index (κ1) is 44.6. The van der Waals surface area contributed by atoms with Gasteiger partial charge in [-0.2, -0.15) is 0 Å². The lowest BCUT2D eigenvalue weighted by molar-refractivity contribution is -0.137. The normalized spacial score (nSPS) is 19.8. The molecule has 6 heterocycles. The third-order valence-corrected chi connectivity index (χ3v) is 13.7. The molecule has 3 saturated heterocycles. The summed E-state index contributed by atoms with van der Waals surface area (Å²) in [5.41, 5.74) is 3.38. The number of ether oxygens (including phenoxy) is 4. The first-order valence-corrected chi connectivity index (χ1v) is 22.9. The smallest absolute Gasteiger partial charge is 0.255 e. The molecule has 5 aliphatic heterocycles. The molecule has 5 aliphatic rings. The Bertz CT molecular complexity index is 2460. The SMILES string of the molecule is COc1cc2ncnc(Nc3ccc(F)c(Cl)c3)c2cc1OCCCN1CCN(CCOCCC(=O)N2CCC3(CCc4cc5c(cc4O3)C(=O)N(C3CCC(=O)NC3=O)C5)CC2)CC1. The molecule has 0 bridgehead atoms. The highest BCUT2D eigenvalue weighted by molar-refractivity contribution is 6.31. The van der Waals surface area contributed by atoms with Gasteiger partial charge in [-0.05, 0) is 73.2 Å². The van der Waals surface area contributed by atoms with Crippen molar-refractivity contribution in [3.63, 3.8) is 0 Å². The van der Waals surface area contributed by atoms with Gasteiger partial charge >= 0.3 is 0 Å². The van der Waals surface area contributed by atoms with Crippen LogP contribution in [-0.2, 0) is 32.1 Å². The number of piperidine rings is 2. The van der Waals surface area contributed by atoms with Crippen LogP contribution < -0.4 is 24.8 Å². The van der Waals surface area contributed by atoms with Crippen LogP contribution in [0.4, 0.5) is 15.9 Å². The Morgan fingerprint density at radius 2 is 1.72 bits per heavy atom. The van der Waals surface area contributed by atoms with Gasteiger partial charge in [-0.3, -0.25) is 29.4 Å². The van der Waals surface area contributed by atoms with Gasteiger partial charge in [0, 0.05) is 101 Å². The largest absolute Gasteiger partial charge is 0.493 e. The summed E-state index contributed by atoms with van der Waals surface area (Å²) in [6.45, 7) is 8.53. The molecular formula is C47H54ClFN8O8. The average molecular weight is 913 g/mol. The third-order valence-electron chi connectivity index (χ3n) is 13.4. The van der Waals surface area contributed by atoms with E-state index in [2.05, 4.69) is 30.4 Å². The molecule has 4 amide bonds. The highest BCUT2D eigenvalue weighted by Crippen LogP contribution is 2.43. The number of fused-ring (bicyclic) bond motifs is 3. The van der Waals surface area contributed by atoms with Crippen LogP contribution in [0.2, 0.25) is 5.02 Å². The molecule has 1 unspecified atom stereocenters. The van der Waals surface area contributed by atoms with E-state index in [1.54, 1.807) is 18.1 Å². The summed E-state index contributed by atoms with van der Waals surface area (Å²) in [7, 11) is 1.59. The molecule has 1 spiro atoms. The number of carbonyl (C=O) groups excluding carboxylic acids is 4. The van der Waals surface area contributed by atoms with Gasteiger partial charge in [0.2, 0.25) is 17.7 Å². The molecule has 344 valence electrons. The van der Waals surface area contributed by atoms with Crippen molar-refractivity contribution in [1.82, 2.24) is 34.9 Å². The monoisotopic (exact) mass is 912 g/mol. The summed E-state index contributed by atoms with van der Waals surface area (Å²) in [5.74, 6) is 1.07. The maximum Gasteiger partial charge on any atom is 0.255 e. The number of likely N-dealkylation sites (tertiary alicyclic amines) is 1. The number of aryl methyl sites for hydroxylation is 1. The van der Waals surface area contributed by atoms with Crippen molar-refractivity contribution < 1.29 is 42.5 Å². The van der Waals surface area contributed by atoms with Crippen molar-refractivity contribution in [3.05, 3.63) is 76.3 Å². The van der Waals surface area contributed by atoms with Crippen LogP contribution in [0.15, 0.2) is 48.8 Å². The lowest BCUT2D eigenvalue weighted by Gasteiger charge is -2.44. The van der Waals surface area contributed by atoms with Crippen LogP contribution in [0.1, 0.15) is 66.4 Å². The lowest BCUT2D eigenvalue weighted by atomic mass is 9.82. The molecule has 3 fully saturated rings. The molecule has 16 nitrogen and oxygen atoms in total. The van der Waals surface area contributed by atoms with Gasteiger partial charge in [-0.1, -0.05) is 11.6 Å². The number of hydrogen-bond donors (Lipinski definition) is 2. The number of halogens is 2. The van der Waals surface area contributed by atoms with Crippen LogP contribution in [0.25, 0.3) is 10.9 Å². The fraction of sp³-hybridized carbons (Fsp3) is 0.489. The first-order chi connectivity index (χ1) is 31.5. The Labute approximate surface area is 381 Å². The van der Waals surface area contributed by atoms with Crippen molar-refractivity contribution in [2.45, 2.75) is 69.6 Å². The summed E-state index contributed by atoms with van der Waals surface area (Å²) in [4.78, 5) is 67.8. The predicted octanol–water partition coefficient (Wildman–Crippen LogP) is 5.12. The Kier molecular flexibility index (Phi) is 13.3. The highest BCUT2D eigenvalue weighted by atomic mass is 35.5. The minimum atomic E-state index is -0.651. The second-order valence-corrected chi connectivity index (χ2v) is 17.8. The number of anilines is 2. The summed E-state index contributed by atoms with van der Waals surface area (Å²) in [5, 5.41) is 6.30. The van der Waals surface area contributed by atoms with Gasteiger partial charge in [0.1, 0.15) is 35.4 Å². The summed E-state index contributed by atoms with van der Waals surface area (Å²) in [6.07, 6.45) is 6.27. The van der Waals surface area contributed by atoms with Crippen LogP contribution >= 0.6 is 11.6 Å². The van der Waals surface area contributed by atoms with Gasteiger partial charge in [0.05, 0.1) is 43.9 Å². The molecule has 4 aromatic rings. The number of hydrogen-bond acceptors (Lipinski definition) is 13. The summed E-state index contributed by atoms with van der Waals surface area (Å²) in [6, 6.07) is 11.3. The minimum Gasteiger partial charge on any atom is -0.493 e. The maximum atomic E-state index is 13.7. The maximum absolute atomic E-state index is 13.7. The molecule has 9 rings (SSSR count). The lowest BCUT2D eigenvalue weighted by Crippen LogP contribution is -2.52. The van der Waals surface area contributed by atoms with Gasteiger partial charge in [0.25, 0.3) is 5.91 Å². The molecule has 1 atom stereocenters. The molecule has 0 aliphatic carbocycles. The van der Waals surface area contributed by atoms with Crippen LogP contribution in [0.3, 0.4) is 0 Å². The molecule has 0 saturated carbocycles. The van der Waals surface area contributed by atoms with Crippen molar-refractivity contribution in [2.75, 3.05) is 84.6 Å². The van der Waals surface area contributed by atoms with E-state index in [1.807, 2.05) is 29.2 Å². The Hall–Kier alpha value is -5.62. The van der Waals surface area contributed by atoms with Crippen molar-refractivity contribution >= 4 is 57.6 Å². The van der Waals surface area contributed by atoms with E-state index in [9.17, 15) is 23.6 Å². The van der Waals surface area contributed by atoms with E-state index in [1.165, 1.54) is 18.5 Å². The Morgan fingerprint density at radius 1 is 0.923 bits per heavy atom. The number of piperazine rings is 1. The molecule has 65 heavy (non-hydrogen) atoms. The molecular weight excluding hydrogens is 859 g/mol. The Morgan fingerprint density at radius 3 is 2.49 bits per heavy atom. The number of nitrogens with one attached hydrogen (secondary N) is 2. The van der Waals surface area contributed by atoms with Crippen LogP contribution in [0, 0.1) is 5.82 Å². The van der Waals surface area contributed by atoms with Crippen molar-refractivity contribution in [2.24, 2.45) is 0 Å². The third kappa shape index (κ3) is 9.98. The zero-order valence-electron chi connectivity index (χ0n) is 36.5. The Balaban J connectivity index is 0.653. The van der Waals surface area contributed by atoms with E-state index in [-0.39, 0.29) is 34.8 Å². The van der Waals surface area contributed by atoms with E-state index in [0.717, 1.165) is 87.9 Å². The van der Waals surface area contributed by atoms with Gasteiger partial charge in [-0.15, -0.1) is 0 Å². The van der Waals surface area contributed by atoms with Crippen LogP contribution in [-0.4, -0.2) is 144 Å². The quantitative estimate of drug-likeness (QED) is 0.119. The predicted molar refractivity (Wildman–Crippen MR) is 239 cm³/mol. The molecule has 3 aromatic carbocycles. The number of aromatic nitrogens is 2. The second-order valence-electron chi connectivity index (χ2n) is 17.4. The van der Waals surface area contributed by atoms with E-state index >= 15 is 0 Å². The zero-order chi connectivity index (χ0) is 45.1. The number of amides is 4. The molecule has 0 radical (unpaired) electrons. The van der Waals surface area contributed by atoms with Crippen LogP contribution in [0.5, 0.6) is 17.2 Å². The average Bonchev–Trinajstić information content (AvgIpc) is 3.62. The van der Waals surface area contributed by atoms with Crippen molar-refractivity contribution in [1.29, 1.82) is 0 Å². The van der Waals surface area contributed by atoms with E-state index < -0.39 is 17.8 Å². The zero-order valence-corrected chi connectivity index (χ0v) is 37.3. The second kappa shape index (κ2) is 19.5. The highest BCUT2D eigenvalue weighted by Gasteiger charge is 2.43. The van der Waals surface area contributed by atoms with E-state index in [0.29, 0.717) is 92.1 Å². The standard InChI is InChI=1S/C47H54ClFN8O8/c1-62-40-27-37-34(44(51-29-50-37)52-32-3-4-36(49)35(48)24-32)26-41(40)64-20-2-12-54-15-17-55(18-16-54)19-22-63-21-8-43(59)56-13-10-47(11-14-56)9-7-30-23-31-28-57(38-5-6-42(58)53-45(38)60)46(61)33(31)25-39(30)65-47/h3-4,23-27,29,38H,2,5-22,28H2,1H3,(H,50,51,52)(H,53,58,60). The number of methoxy groups -OCH3 is 1. The topological polar surface area (TPSA) is 168 Å². The number of imide groups is 1. The number of rotatable bonds is 15. The molecule has 1 aromatic heterocycles. The van der Waals surface area contributed by atoms with Gasteiger partial charge < -0.3 is 39.0 Å². The summed E-state index contributed by atoms with van der Waals surface area (Å²) >= 11 is 5.99. The molecule has 18 heteroatoms. The van der Waals surface area contributed by atoms with E-state index in [4.69, 9.17) is 30.5 Å². The van der Waals surface area contributed by atoms with Gasteiger partial charge in [-0.25, -0.2) is 14.4 Å². The number of nitrogens with zero attached hydrogens (tertiary/aromatic N) is 6. The minimum absolute atomic E-state index is 0.0135. The van der Waals surface area contributed by atoms with Crippen molar-refractivity contribution in [3.8, 4) is 17.2 Å². The fourth-order valence-corrected chi connectivity index (χ4v) is 9.75. The van der Waals surface area contributed by atoms with Gasteiger partial charge in [0.15, 0.2) is 11.5 Å². The number of benzene rings is 3. The molecule has 2 N–H and O–H groups in total. The summed E-state index contributed by atoms with van der Waals surface area (Å²) < 4.78 is 38.1. The first-order valence-electron chi connectivity index (χ1n) is 22.5. The fourth-order valence-electron chi connectivity index (χ4n) is 9.57.